The SMILES string of the molecule is O=C(NCCCO)C(=Cc1ccccc1)NC(=O)C(c1ccccc1)c1ccccc1. The molecule has 0 saturated heterocycles. The van der Waals surface area contributed by atoms with Gasteiger partial charge in [0.25, 0.3) is 5.91 Å². The highest BCUT2D eigenvalue weighted by molar-refractivity contribution is 6.02. The molecular formula is C26H26N2O3. The lowest BCUT2D eigenvalue weighted by Gasteiger charge is -2.19. The molecule has 0 bridgehead atoms. The van der Waals surface area contributed by atoms with Crippen LogP contribution >= 0.6 is 0 Å². The highest BCUT2D eigenvalue weighted by Gasteiger charge is 2.24. The Labute approximate surface area is 182 Å². The minimum atomic E-state index is -0.563. The van der Waals surface area contributed by atoms with Crippen LogP contribution in [0.5, 0.6) is 0 Å². The van der Waals surface area contributed by atoms with E-state index >= 15 is 0 Å². The van der Waals surface area contributed by atoms with Gasteiger partial charge in [0.15, 0.2) is 0 Å². The van der Waals surface area contributed by atoms with Crippen LogP contribution in [0.15, 0.2) is 96.7 Å². The van der Waals surface area contributed by atoms with E-state index in [0.29, 0.717) is 13.0 Å². The van der Waals surface area contributed by atoms with Gasteiger partial charge in [-0.2, -0.15) is 0 Å². The molecule has 3 N–H and O–H groups in total. The summed E-state index contributed by atoms with van der Waals surface area (Å²) in [5, 5.41) is 14.6. The van der Waals surface area contributed by atoms with E-state index in [-0.39, 0.29) is 18.2 Å². The third-order valence-electron chi connectivity index (χ3n) is 4.76. The Kier molecular flexibility index (Phi) is 8.14. The predicted octanol–water partition coefficient (Wildman–Crippen LogP) is 3.47. The Morgan fingerprint density at radius 2 is 1.32 bits per heavy atom. The zero-order valence-corrected chi connectivity index (χ0v) is 17.2. The summed E-state index contributed by atoms with van der Waals surface area (Å²) in [6, 6.07) is 28.3. The van der Waals surface area contributed by atoms with Crippen molar-refractivity contribution >= 4 is 17.9 Å². The Bertz CT molecular complexity index is 963. The average Bonchev–Trinajstić information content (AvgIpc) is 2.81. The number of benzene rings is 3. The van der Waals surface area contributed by atoms with Crippen molar-refractivity contribution in [3.05, 3.63) is 113 Å². The van der Waals surface area contributed by atoms with Gasteiger partial charge >= 0.3 is 0 Å². The van der Waals surface area contributed by atoms with Gasteiger partial charge in [-0.05, 0) is 29.2 Å². The number of hydrogen-bond acceptors (Lipinski definition) is 3. The second-order valence-electron chi connectivity index (χ2n) is 7.05. The van der Waals surface area contributed by atoms with Gasteiger partial charge in [0.2, 0.25) is 5.91 Å². The molecule has 0 spiro atoms. The van der Waals surface area contributed by atoms with E-state index in [2.05, 4.69) is 10.6 Å². The van der Waals surface area contributed by atoms with Gasteiger partial charge in [0.1, 0.15) is 5.70 Å². The van der Waals surface area contributed by atoms with Crippen LogP contribution in [0, 0.1) is 0 Å². The first-order valence-electron chi connectivity index (χ1n) is 10.3. The summed E-state index contributed by atoms with van der Waals surface area (Å²) in [6.45, 7) is 0.298. The Morgan fingerprint density at radius 3 is 1.84 bits per heavy atom. The second-order valence-corrected chi connectivity index (χ2v) is 7.05. The molecule has 0 fully saturated rings. The Balaban J connectivity index is 1.91. The van der Waals surface area contributed by atoms with E-state index in [1.807, 2.05) is 91.0 Å². The largest absolute Gasteiger partial charge is 0.396 e. The summed E-state index contributed by atoms with van der Waals surface area (Å²) in [5.41, 5.74) is 2.63. The maximum Gasteiger partial charge on any atom is 0.267 e. The summed E-state index contributed by atoms with van der Waals surface area (Å²) < 4.78 is 0. The van der Waals surface area contributed by atoms with Crippen LogP contribution in [0.2, 0.25) is 0 Å². The van der Waals surface area contributed by atoms with E-state index in [4.69, 9.17) is 5.11 Å². The normalized spacial score (nSPS) is 11.2. The fraction of sp³-hybridized carbons (Fsp3) is 0.154. The van der Waals surface area contributed by atoms with Gasteiger partial charge in [0, 0.05) is 13.2 Å². The molecular weight excluding hydrogens is 388 g/mol. The zero-order chi connectivity index (χ0) is 21.9. The smallest absolute Gasteiger partial charge is 0.267 e. The molecule has 5 heteroatoms. The van der Waals surface area contributed by atoms with E-state index in [9.17, 15) is 9.59 Å². The molecule has 3 aromatic rings. The van der Waals surface area contributed by atoms with Gasteiger partial charge in [0.05, 0.1) is 5.92 Å². The lowest BCUT2D eigenvalue weighted by Crippen LogP contribution is -2.37. The quantitative estimate of drug-likeness (QED) is 0.371. The average molecular weight is 415 g/mol. The highest BCUT2D eigenvalue weighted by atomic mass is 16.3. The van der Waals surface area contributed by atoms with Crippen LogP contribution in [0.3, 0.4) is 0 Å². The van der Waals surface area contributed by atoms with Crippen LogP contribution < -0.4 is 10.6 Å². The van der Waals surface area contributed by atoms with Crippen LogP contribution in [-0.4, -0.2) is 30.1 Å². The topological polar surface area (TPSA) is 78.4 Å². The van der Waals surface area contributed by atoms with Crippen molar-refractivity contribution in [2.24, 2.45) is 0 Å². The van der Waals surface area contributed by atoms with Crippen molar-refractivity contribution < 1.29 is 14.7 Å². The maximum atomic E-state index is 13.4. The van der Waals surface area contributed by atoms with Gasteiger partial charge < -0.3 is 15.7 Å². The molecule has 2 amide bonds. The number of aliphatic hydroxyl groups is 1. The lowest BCUT2D eigenvalue weighted by molar-refractivity contribution is -0.124. The van der Waals surface area contributed by atoms with E-state index in [1.54, 1.807) is 6.08 Å². The van der Waals surface area contributed by atoms with Crippen molar-refractivity contribution in [2.45, 2.75) is 12.3 Å². The van der Waals surface area contributed by atoms with Crippen molar-refractivity contribution in [1.29, 1.82) is 0 Å². The number of aliphatic hydroxyl groups excluding tert-OH is 1. The first-order chi connectivity index (χ1) is 15.2. The van der Waals surface area contributed by atoms with E-state index < -0.39 is 11.8 Å². The lowest BCUT2D eigenvalue weighted by atomic mass is 9.90. The van der Waals surface area contributed by atoms with Crippen LogP contribution in [-0.2, 0) is 9.59 Å². The molecule has 31 heavy (non-hydrogen) atoms. The van der Waals surface area contributed by atoms with Gasteiger partial charge in [-0.25, -0.2) is 0 Å². The number of rotatable bonds is 9. The summed E-state index contributed by atoms with van der Waals surface area (Å²) in [7, 11) is 0. The van der Waals surface area contributed by atoms with E-state index in [0.717, 1.165) is 16.7 Å². The van der Waals surface area contributed by atoms with Crippen molar-refractivity contribution in [1.82, 2.24) is 10.6 Å². The highest BCUT2D eigenvalue weighted by Crippen LogP contribution is 2.25. The molecule has 0 aliphatic carbocycles. The predicted molar refractivity (Wildman–Crippen MR) is 122 cm³/mol. The molecule has 0 heterocycles. The monoisotopic (exact) mass is 414 g/mol. The third-order valence-corrected chi connectivity index (χ3v) is 4.76. The number of nitrogens with one attached hydrogen (secondary N) is 2. The summed E-state index contributed by atoms with van der Waals surface area (Å²) in [5.74, 6) is -1.26. The molecule has 158 valence electrons. The molecule has 0 aliphatic heterocycles. The molecule has 0 saturated carbocycles. The molecule has 0 atom stereocenters. The van der Waals surface area contributed by atoms with E-state index in [1.165, 1.54) is 0 Å². The molecule has 0 radical (unpaired) electrons. The number of amides is 2. The first kappa shape index (κ1) is 22.0. The second kappa shape index (κ2) is 11.5. The number of hydrogen-bond donors (Lipinski definition) is 3. The minimum Gasteiger partial charge on any atom is -0.396 e. The first-order valence-corrected chi connectivity index (χ1v) is 10.3. The van der Waals surface area contributed by atoms with Crippen LogP contribution in [0.1, 0.15) is 29.0 Å². The maximum absolute atomic E-state index is 13.4. The summed E-state index contributed by atoms with van der Waals surface area (Å²) >= 11 is 0. The number of carbonyl (C=O) groups is 2. The zero-order valence-electron chi connectivity index (χ0n) is 17.2. The molecule has 0 aromatic heterocycles. The van der Waals surface area contributed by atoms with Crippen molar-refractivity contribution in [3.63, 3.8) is 0 Å². The van der Waals surface area contributed by atoms with Gasteiger partial charge in [-0.15, -0.1) is 0 Å². The summed E-state index contributed by atoms with van der Waals surface area (Å²) in [4.78, 5) is 26.2. The van der Waals surface area contributed by atoms with Crippen molar-refractivity contribution in [2.75, 3.05) is 13.2 Å². The minimum absolute atomic E-state index is 0.0194. The fourth-order valence-corrected chi connectivity index (χ4v) is 3.24. The van der Waals surface area contributed by atoms with Crippen molar-refractivity contribution in [3.8, 4) is 0 Å². The molecule has 0 unspecified atom stereocenters. The van der Waals surface area contributed by atoms with Gasteiger partial charge in [-0.3, -0.25) is 9.59 Å². The molecule has 3 rings (SSSR count). The Hall–Kier alpha value is -3.70. The van der Waals surface area contributed by atoms with Crippen LogP contribution in [0.25, 0.3) is 6.08 Å². The standard InChI is InChI=1S/C26H26N2O3/c29-18-10-17-27-25(30)23(19-20-11-4-1-5-12-20)28-26(31)24(21-13-6-2-7-14-21)22-15-8-3-9-16-22/h1-9,11-16,19,24,29H,10,17-18H2,(H,27,30)(H,28,31). The fourth-order valence-electron chi connectivity index (χ4n) is 3.24. The van der Waals surface area contributed by atoms with Crippen LogP contribution in [0.4, 0.5) is 0 Å². The molecule has 5 nitrogen and oxygen atoms in total. The third kappa shape index (κ3) is 6.39. The Morgan fingerprint density at radius 1 is 0.806 bits per heavy atom. The molecule has 3 aromatic carbocycles. The summed E-state index contributed by atoms with van der Waals surface area (Å²) in [6.07, 6.45) is 2.09. The molecule has 0 aliphatic rings. The number of carbonyl (C=O) groups excluding carboxylic acids is 2. The van der Waals surface area contributed by atoms with Gasteiger partial charge in [-0.1, -0.05) is 91.0 Å².